The molecular weight excluding hydrogens is 160 g/mol. The monoisotopic (exact) mass is 186 g/mol. The van der Waals surface area contributed by atoms with Crippen molar-refractivity contribution >= 4 is 0 Å². The van der Waals surface area contributed by atoms with Crippen LogP contribution in [-0.4, -0.2) is 11.2 Å². The van der Waals surface area contributed by atoms with Crippen LogP contribution in [0.3, 0.4) is 0 Å². The van der Waals surface area contributed by atoms with E-state index in [1.54, 1.807) is 0 Å². The molecule has 0 aliphatic rings. The van der Waals surface area contributed by atoms with Crippen molar-refractivity contribution in [3.63, 3.8) is 0 Å². The van der Waals surface area contributed by atoms with Crippen molar-refractivity contribution in [1.29, 1.82) is 0 Å². The molecule has 1 nitrogen and oxygen atoms in total. The van der Waals surface area contributed by atoms with Gasteiger partial charge in [-0.3, -0.25) is 0 Å². The molecule has 0 amide bonds. The Bertz CT molecular complexity index is 118. The summed E-state index contributed by atoms with van der Waals surface area (Å²) in [5, 5.41) is 9.65. The van der Waals surface area contributed by atoms with E-state index in [-0.39, 0.29) is 6.10 Å². The molecule has 0 aromatic rings. The lowest BCUT2D eigenvalue weighted by atomic mass is 9.86. The van der Waals surface area contributed by atoms with Gasteiger partial charge in [-0.15, -0.1) is 0 Å². The van der Waals surface area contributed by atoms with Gasteiger partial charge in [-0.1, -0.05) is 41.0 Å². The van der Waals surface area contributed by atoms with E-state index in [4.69, 9.17) is 0 Å². The van der Waals surface area contributed by atoms with Gasteiger partial charge < -0.3 is 5.11 Å². The molecule has 80 valence electrons. The Morgan fingerprint density at radius 1 is 0.923 bits per heavy atom. The second kappa shape index (κ2) is 6.42. The van der Waals surface area contributed by atoms with E-state index in [0.29, 0.717) is 5.92 Å². The van der Waals surface area contributed by atoms with Crippen molar-refractivity contribution in [2.24, 2.45) is 17.8 Å². The predicted octanol–water partition coefficient (Wildman–Crippen LogP) is 3.47. The molecule has 0 saturated heterocycles. The summed E-state index contributed by atoms with van der Waals surface area (Å²) >= 11 is 0. The smallest absolute Gasteiger partial charge is 0.0563 e. The molecule has 0 heterocycles. The zero-order valence-electron chi connectivity index (χ0n) is 9.88. The Morgan fingerprint density at radius 3 is 1.77 bits per heavy atom. The zero-order chi connectivity index (χ0) is 10.4. The number of hydrogen-bond donors (Lipinski definition) is 1. The van der Waals surface area contributed by atoms with Crippen molar-refractivity contribution in [3.05, 3.63) is 0 Å². The molecule has 0 spiro atoms. The van der Waals surface area contributed by atoms with Crippen LogP contribution in [0.1, 0.15) is 53.9 Å². The molecule has 1 heteroatoms. The maximum Gasteiger partial charge on any atom is 0.0563 e. The Labute approximate surface area is 83.5 Å². The van der Waals surface area contributed by atoms with Gasteiger partial charge in [0.2, 0.25) is 0 Å². The summed E-state index contributed by atoms with van der Waals surface area (Å²) in [7, 11) is 0. The van der Waals surface area contributed by atoms with Gasteiger partial charge in [0, 0.05) is 0 Å². The second-order valence-corrected chi connectivity index (χ2v) is 4.80. The number of rotatable bonds is 6. The van der Waals surface area contributed by atoms with Crippen LogP contribution in [0.4, 0.5) is 0 Å². The lowest BCUT2D eigenvalue weighted by Crippen LogP contribution is -2.17. The minimum atomic E-state index is -0.104. The van der Waals surface area contributed by atoms with Gasteiger partial charge in [-0.25, -0.2) is 0 Å². The van der Waals surface area contributed by atoms with Gasteiger partial charge in [-0.05, 0) is 30.6 Å². The summed E-state index contributed by atoms with van der Waals surface area (Å²) in [6.07, 6.45) is 3.28. The van der Waals surface area contributed by atoms with E-state index in [1.165, 1.54) is 12.8 Å². The summed E-state index contributed by atoms with van der Waals surface area (Å²) in [4.78, 5) is 0. The van der Waals surface area contributed by atoms with Crippen molar-refractivity contribution < 1.29 is 5.11 Å². The molecule has 0 aliphatic heterocycles. The molecule has 0 aromatic heterocycles. The first-order valence-corrected chi connectivity index (χ1v) is 5.67. The largest absolute Gasteiger partial charge is 0.393 e. The lowest BCUT2D eigenvalue weighted by molar-refractivity contribution is 0.104. The lowest BCUT2D eigenvalue weighted by Gasteiger charge is -2.22. The molecule has 0 aromatic carbocycles. The van der Waals surface area contributed by atoms with Gasteiger partial charge >= 0.3 is 0 Å². The fraction of sp³-hybridized carbons (Fsp3) is 1.00. The molecule has 0 saturated carbocycles. The van der Waals surface area contributed by atoms with Gasteiger partial charge in [0.05, 0.1) is 6.10 Å². The van der Waals surface area contributed by atoms with E-state index < -0.39 is 0 Å². The maximum atomic E-state index is 9.65. The third-order valence-electron chi connectivity index (χ3n) is 3.07. The Kier molecular flexibility index (Phi) is 6.40. The van der Waals surface area contributed by atoms with Crippen LogP contribution in [0, 0.1) is 17.8 Å². The van der Waals surface area contributed by atoms with Gasteiger partial charge in [-0.2, -0.15) is 0 Å². The summed E-state index contributed by atoms with van der Waals surface area (Å²) in [6, 6.07) is 0. The van der Waals surface area contributed by atoms with E-state index in [9.17, 15) is 5.11 Å². The SMILES string of the molecule is CCC(CCC(O)C(C)C)C(C)C. The van der Waals surface area contributed by atoms with Gasteiger partial charge in [0.1, 0.15) is 0 Å². The quantitative estimate of drug-likeness (QED) is 0.673. The minimum Gasteiger partial charge on any atom is -0.393 e. The number of aliphatic hydroxyl groups excluding tert-OH is 1. The third-order valence-corrected chi connectivity index (χ3v) is 3.07. The van der Waals surface area contributed by atoms with Gasteiger partial charge in [0.25, 0.3) is 0 Å². The van der Waals surface area contributed by atoms with Crippen LogP contribution < -0.4 is 0 Å². The van der Waals surface area contributed by atoms with E-state index in [2.05, 4.69) is 34.6 Å². The van der Waals surface area contributed by atoms with Crippen LogP contribution in [0.15, 0.2) is 0 Å². The highest BCUT2D eigenvalue weighted by Gasteiger charge is 2.15. The minimum absolute atomic E-state index is 0.104. The molecule has 2 atom stereocenters. The van der Waals surface area contributed by atoms with E-state index in [1.807, 2.05) is 0 Å². The first kappa shape index (κ1) is 13.0. The first-order valence-electron chi connectivity index (χ1n) is 5.67. The molecular formula is C12H26O. The molecule has 0 bridgehead atoms. The van der Waals surface area contributed by atoms with Gasteiger partial charge in [0.15, 0.2) is 0 Å². The van der Waals surface area contributed by atoms with E-state index >= 15 is 0 Å². The number of hydrogen-bond acceptors (Lipinski definition) is 1. The average Bonchev–Trinajstić information content (AvgIpc) is 2.04. The fourth-order valence-corrected chi connectivity index (χ4v) is 1.73. The standard InChI is InChI=1S/C12H26O/c1-6-11(9(2)3)7-8-12(13)10(4)5/h9-13H,6-8H2,1-5H3. The average molecular weight is 186 g/mol. The molecule has 13 heavy (non-hydrogen) atoms. The Hall–Kier alpha value is -0.0400. The van der Waals surface area contributed by atoms with Crippen molar-refractivity contribution in [3.8, 4) is 0 Å². The predicted molar refractivity (Wildman–Crippen MR) is 58.7 cm³/mol. The Morgan fingerprint density at radius 2 is 1.46 bits per heavy atom. The van der Waals surface area contributed by atoms with Crippen LogP contribution >= 0.6 is 0 Å². The highest BCUT2D eigenvalue weighted by atomic mass is 16.3. The first-order chi connectivity index (χ1) is 5.99. The molecule has 0 rings (SSSR count). The maximum absolute atomic E-state index is 9.65. The molecule has 1 N–H and O–H groups in total. The molecule has 0 aliphatic carbocycles. The molecule has 0 fully saturated rings. The van der Waals surface area contributed by atoms with Crippen LogP contribution in [0.2, 0.25) is 0 Å². The fourth-order valence-electron chi connectivity index (χ4n) is 1.73. The van der Waals surface area contributed by atoms with Crippen molar-refractivity contribution in [1.82, 2.24) is 0 Å². The van der Waals surface area contributed by atoms with Crippen molar-refractivity contribution in [2.75, 3.05) is 0 Å². The normalized spacial score (nSPS) is 16.6. The second-order valence-electron chi connectivity index (χ2n) is 4.80. The summed E-state index contributed by atoms with van der Waals surface area (Å²) in [5.41, 5.74) is 0. The molecule has 0 radical (unpaired) electrons. The Balaban J connectivity index is 3.72. The summed E-state index contributed by atoms with van der Waals surface area (Å²) < 4.78 is 0. The van der Waals surface area contributed by atoms with Crippen LogP contribution in [0.25, 0.3) is 0 Å². The molecule has 2 unspecified atom stereocenters. The van der Waals surface area contributed by atoms with Crippen molar-refractivity contribution in [2.45, 2.75) is 60.0 Å². The van der Waals surface area contributed by atoms with E-state index in [0.717, 1.165) is 18.3 Å². The zero-order valence-corrected chi connectivity index (χ0v) is 9.88. The summed E-state index contributed by atoms with van der Waals surface area (Å²) in [6.45, 7) is 11.0. The number of aliphatic hydroxyl groups is 1. The highest BCUT2D eigenvalue weighted by molar-refractivity contribution is 4.66. The topological polar surface area (TPSA) is 20.2 Å². The highest BCUT2D eigenvalue weighted by Crippen LogP contribution is 2.22. The van der Waals surface area contributed by atoms with Crippen LogP contribution in [0.5, 0.6) is 0 Å². The third kappa shape index (κ3) is 5.30. The van der Waals surface area contributed by atoms with Crippen LogP contribution in [-0.2, 0) is 0 Å². The summed E-state index contributed by atoms with van der Waals surface area (Å²) in [5.74, 6) is 1.95.